The van der Waals surface area contributed by atoms with Crippen LogP contribution in [0.1, 0.15) is 90.9 Å². The van der Waals surface area contributed by atoms with Gasteiger partial charge in [-0.15, -0.1) is 0 Å². The summed E-state index contributed by atoms with van der Waals surface area (Å²) in [6.07, 6.45) is 20.0. The lowest BCUT2D eigenvalue weighted by Crippen LogP contribution is -2.18. The fraction of sp³-hybridized carbons (Fsp3) is 0.792. The number of ether oxygens (including phenoxy) is 3. The van der Waals surface area contributed by atoms with Gasteiger partial charge in [0, 0.05) is 11.8 Å². The molecule has 0 spiro atoms. The van der Waals surface area contributed by atoms with Crippen LogP contribution < -0.4 is 0 Å². The van der Waals surface area contributed by atoms with E-state index < -0.39 is 0 Å². The first-order valence-electron chi connectivity index (χ1n) is 11.5. The SMILES string of the molecule is CCC/C=C/COC(CCCCC(=O)OCCCCCCBr)OC/C=C/CCC. The van der Waals surface area contributed by atoms with E-state index in [0.717, 1.165) is 63.1 Å². The predicted octanol–water partition coefficient (Wildman–Crippen LogP) is 7.12. The van der Waals surface area contributed by atoms with Crippen LogP contribution in [0.25, 0.3) is 0 Å². The third kappa shape index (κ3) is 21.9. The number of carbonyl (C=O) groups excluding carboxylic acids is 1. The van der Waals surface area contributed by atoms with Crippen LogP contribution in [0.5, 0.6) is 0 Å². The Bertz CT molecular complexity index is 390. The maximum Gasteiger partial charge on any atom is 0.305 e. The molecule has 0 rings (SSSR count). The van der Waals surface area contributed by atoms with E-state index in [4.69, 9.17) is 14.2 Å². The molecule has 0 aromatic rings. The summed E-state index contributed by atoms with van der Waals surface area (Å²) < 4.78 is 17.0. The number of allylic oxidation sites excluding steroid dienone is 2. The number of unbranched alkanes of at least 4 members (excludes halogenated alkanes) is 6. The third-order valence-corrected chi connectivity index (χ3v) is 4.92. The average molecular weight is 476 g/mol. The minimum Gasteiger partial charge on any atom is -0.466 e. The zero-order valence-electron chi connectivity index (χ0n) is 18.7. The minimum atomic E-state index is -0.224. The molecular formula is C24H43BrO4. The Balaban J connectivity index is 3.95. The highest BCUT2D eigenvalue weighted by atomic mass is 79.9. The second-order valence-corrected chi connectivity index (χ2v) is 7.98. The molecule has 0 saturated heterocycles. The molecule has 0 fully saturated rings. The van der Waals surface area contributed by atoms with Crippen molar-refractivity contribution in [1.29, 1.82) is 0 Å². The van der Waals surface area contributed by atoms with E-state index in [9.17, 15) is 4.79 Å². The zero-order valence-corrected chi connectivity index (χ0v) is 20.3. The second-order valence-electron chi connectivity index (χ2n) is 7.19. The molecule has 0 aliphatic carbocycles. The lowest BCUT2D eigenvalue weighted by molar-refractivity contribution is -0.144. The molecule has 0 aromatic heterocycles. The summed E-state index contributed by atoms with van der Waals surface area (Å²) in [7, 11) is 0. The van der Waals surface area contributed by atoms with Gasteiger partial charge in [0.05, 0.1) is 19.8 Å². The van der Waals surface area contributed by atoms with Crippen molar-refractivity contribution in [1.82, 2.24) is 0 Å². The average Bonchev–Trinajstić information content (AvgIpc) is 2.72. The molecule has 0 saturated carbocycles. The lowest BCUT2D eigenvalue weighted by atomic mass is 10.2. The minimum absolute atomic E-state index is 0.0890. The standard InChI is InChI=1S/C24H43BrO4/c1-3-5-7-14-21-28-24(29-22-15-8-6-4-2)18-12-11-17-23(26)27-20-16-10-9-13-19-25/h7-8,14-15,24H,3-6,9-13,16-22H2,1-2H3/b14-7+,15-8+. The van der Waals surface area contributed by atoms with Gasteiger partial charge < -0.3 is 14.2 Å². The maximum atomic E-state index is 11.8. The van der Waals surface area contributed by atoms with Gasteiger partial charge in [-0.05, 0) is 44.9 Å². The molecule has 0 atom stereocenters. The molecule has 0 N–H and O–H groups in total. The monoisotopic (exact) mass is 474 g/mol. The van der Waals surface area contributed by atoms with Gasteiger partial charge in [0.15, 0.2) is 6.29 Å². The Labute approximate surface area is 187 Å². The van der Waals surface area contributed by atoms with Gasteiger partial charge in [0.1, 0.15) is 0 Å². The van der Waals surface area contributed by atoms with Gasteiger partial charge in [0.2, 0.25) is 0 Å². The molecule has 0 amide bonds. The molecule has 0 aromatic carbocycles. The molecule has 0 radical (unpaired) electrons. The largest absolute Gasteiger partial charge is 0.466 e. The lowest BCUT2D eigenvalue weighted by Gasteiger charge is -2.17. The summed E-state index contributed by atoms with van der Waals surface area (Å²) in [6.45, 7) is 6.01. The molecule has 0 heterocycles. The summed E-state index contributed by atoms with van der Waals surface area (Å²) in [5.41, 5.74) is 0. The van der Waals surface area contributed by atoms with Crippen molar-refractivity contribution in [2.45, 2.75) is 97.2 Å². The van der Waals surface area contributed by atoms with E-state index in [2.05, 4.69) is 54.1 Å². The number of halogens is 1. The normalized spacial score (nSPS) is 11.9. The summed E-state index contributed by atoms with van der Waals surface area (Å²) in [5.74, 6) is -0.0890. The van der Waals surface area contributed by atoms with E-state index in [1.165, 1.54) is 12.8 Å². The zero-order chi connectivity index (χ0) is 21.4. The van der Waals surface area contributed by atoms with Gasteiger partial charge in [-0.3, -0.25) is 4.79 Å². The molecule has 0 aliphatic heterocycles. The molecular weight excluding hydrogens is 432 g/mol. The Morgan fingerprint density at radius 2 is 1.45 bits per heavy atom. The first kappa shape index (κ1) is 28.4. The van der Waals surface area contributed by atoms with E-state index >= 15 is 0 Å². The Morgan fingerprint density at radius 1 is 0.828 bits per heavy atom. The van der Waals surface area contributed by atoms with Gasteiger partial charge in [0.25, 0.3) is 0 Å². The van der Waals surface area contributed by atoms with Crippen LogP contribution in [0.15, 0.2) is 24.3 Å². The van der Waals surface area contributed by atoms with Crippen LogP contribution in [-0.2, 0) is 19.0 Å². The molecule has 0 bridgehead atoms. The van der Waals surface area contributed by atoms with E-state index in [1.807, 2.05) is 0 Å². The van der Waals surface area contributed by atoms with Gasteiger partial charge >= 0.3 is 5.97 Å². The third-order valence-electron chi connectivity index (χ3n) is 4.36. The van der Waals surface area contributed by atoms with Crippen molar-refractivity contribution in [2.24, 2.45) is 0 Å². The van der Waals surface area contributed by atoms with Crippen molar-refractivity contribution < 1.29 is 19.0 Å². The molecule has 5 heteroatoms. The smallest absolute Gasteiger partial charge is 0.305 e. The van der Waals surface area contributed by atoms with E-state index in [0.29, 0.717) is 26.2 Å². The number of hydrogen-bond donors (Lipinski definition) is 0. The van der Waals surface area contributed by atoms with Gasteiger partial charge in [-0.1, -0.05) is 79.8 Å². The predicted molar refractivity (Wildman–Crippen MR) is 125 cm³/mol. The van der Waals surface area contributed by atoms with Crippen LogP contribution in [0, 0.1) is 0 Å². The van der Waals surface area contributed by atoms with Crippen LogP contribution in [0.3, 0.4) is 0 Å². The van der Waals surface area contributed by atoms with Crippen molar-refractivity contribution in [3.8, 4) is 0 Å². The highest BCUT2D eigenvalue weighted by Gasteiger charge is 2.09. The quantitative estimate of drug-likeness (QED) is 0.0583. The van der Waals surface area contributed by atoms with Crippen molar-refractivity contribution in [3.63, 3.8) is 0 Å². The molecule has 4 nitrogen and oxygen atoms in total. The number of carbonyl (C=O) groups is 1. The van der Waals surface area contributed by atoms with Crippen LogP contribution in [0.4, 0.5) is 0 Å². The van der Waals surface area contributed by atoms with Crippen LogP contribution >= 0.6 is 15.9 Å². The summed E-state index contributed by atoms with van der Waals surface area (Å²) >= 11 is 3.42. The van der Waals surface area contributed by atoms with E-state index in [-0.39, 0.29) is 12.3 Å². The van der Waals surface area contributed by atoms with Gasteiger partial charge in [-0.25, -0.2) is 0 Å². The first-order chi connectivity index (χ1) is 14.2. The fourth-order valence-electron chi connectivity index (χ4n) is 2.63. The second kappa shape index (κ2) is 23.6. The summed E-state index contributed by atoms with van der Waals surface area (Å²) in [5, 5.41) is 1.05. The van der Waals surface area contributed by atoms with Crippen molar-refractivity contribution in [3.05, 3.63) is 24.3 Å². The topological polar surface area (TPSA) is 44.8 Å². The number of alkyl halides is 1. The maximum absolute atomic E-state index is 11.8. The molecule has 0 aliphatic rings. The van der Waals surface area contributed by atoms with Gasteiger partial charge in [-0.2, -0.15) is 0 Å². The van der Waals surface area contributed by atoms with Crippen LogP contribution in [0.2, 0.25) is 0 Å². The van der Waals surface area contributed by atoms with Crippen molar-refractivity contribution >= 4 is 21.9 Å². The highest BCUT2D eigenvalue weighted by molar-refractivity contribution is 9.09. The first-order valence-corrected chi connectivity index (χ1v) is 12.6. The summed E-state index contributed by atoms with van der Waals surface area (Å²) in [6, 6.07) is 0. The Morgan fingerprint density at radius 3 is 2.03 bits per heavy atom. The number of rotatable bonds is 21. The Hall–Kier alpha value is -0.650. The number of esters is 1. The molecule has 0 unspecified atom stereocenters. The molecule has 29 heavy (non-hydrogen) atoms. The molecule has 170 valence electrons. The number of hydrogen-bond acceptors (Lipinski definition) is 4. The summed E-state index contributed by atoms with van der Waals surface area (Å²) in [4.78, 5) is 11.8. The van der Waals surface area contributed by atoms with Crippen molar-refractivity contribution in [2.75, 3.05) is 25.2 Å². The van der Waals surface area contributed by atoms with Crippen LogP contribution in [-0.4, -0.2) is 37.4 Å². The highest BCUT2D eigenvalue weighted by Crippen LogP contribution is 2.10. The Kier molecular flexibility index (Phi) is 23.1. The van der Waals surface area contributed by atoms with E-state index in [1.54, 1.807) is 0 Å². The fourth-order valence-corrected chi connectivity index (χ4v) is 3.03.